The Labute approximate surface area is 154 Å². The standard InChI is InChI=1S/C19H23N3O3S/c1-14-4-3-5-15(10-14)12-21-16-6-8-20-18(11-16)19(23)22(2)17-7-9-26(24,25)13-17/h3-6,8,10-11,17H,7,9,12-13H2,1-2H3,(H,20,21). The van der Waals surface area contributed by atoms with Crippen molar-refractivity contribution in [1.29, 1.82) is 0 Å². The second kappa shape index (κ2) is 7.45. The minimum atomic E-state index is -3.03. The average molecular weight is 373 g/mol. The predicted octanol–water partition coefficient (Wildman–Crippen LogP) is 2.26. The molecule has 1 saturated heterocycles. The molecule has 2 aromatic rings. The van der Waals surface area contributed by atoms with Gasteiger partial charge in [0.05, 0.1) is 11.5 Å². The summed E-state index contributed by atoms with van der Waals surface area (Å²) in [7, 11) is -1.39. The van der Waals surface area contributed by atoms with Gasteiger partial charge < -0.3 is 10.2 Å². The molecule has 2 heterocycles. The minimum Gasteiger partial charge on any atom is -0.381 e. The molecule has 1 N–H and O–H groups in total. The van der Waals surface area contributed by atoms with Crippen LogP contribution in [0, 0.1) is 6.92 Å². The molecule has 1 amide bonds. The normalized spacial score (nSPS) is 18.5. The highest BCUT2D eigenvalue weighted by atomic mass is 32.2. The highest BCUT2D eigenvalue weighted by molar-refractivity contribution is 7.91. The first-order valence-corrected chi connectivity index (χ1v) is 10.4. The van der Waals surface area contributed by atoms with E-state index in [1.165, 1.54) is 10.5 Å². The Kier molecular flexibility index (Phi) is 5.27. The fourth-order valence-corrected chi connectivity index (χ4v) is 4.89. The summed E-state index contributed by atoms with van der Waals surface area (Å²) in [6.45, 7) is 2.70. The Morgan fingerprint density at radius 2 is 2.12 bits per heavy atom. The smallest absolute Gasteiger partial charge is 0.272 e. The molecular formula is C19H23N3O3S. The Balaban J connectivity index is 1.67. The molecule has 26 heavy (non-hydrogen) atoms. The van der Waals surface area contributed by atoms with Crippen molar-refractivity contribution in [1.82, 2.24) is 9.88 Å². The molecule has 1 atom stereocenters. The van der Waals surface area contributed by atoms with Crippen LogP contribution in [0.1, 0.15) is 28.0 Å². The number of hydrogen-bond acceptors (Lipinski definition) is 5. The molecule has 0 saturated carbocycles. The van der Waals surface area contributed by atoms with Crippen molar-refractivity contribution in [3.8, 4) is 0 Å². The van der Waals surface area contributed by atoms with Crippen LogP contribution in [-0.2, 0) is 16.4 Å². The van der Waals surface area contributed by atoms with Gasteiger partial charge in [0, 0.05) is 31.5 Å². The molecule has 0 spiro atoms. The van der Waals surface area contributed by atoms with Crippen LogP contribution in [0.25, 0.3) is 0 Å². The van der Waals surface area contributed by atoms with Gasteiger partial charge in [-0.15, -0.1) is 0 Å². The van der Waals surface area contributed by atoms with Crippen LogP contribution in [0.2, 0.25) is 0 Å². The summed E-state index contributed by atoms with van der Waals surface area (Å²) in [6.07, 6.45) is 2.07. The minimum absolute atomic E-state index is 0.0283. The fourth-order valence-electron chi connectivity index (χ4n) is 3.11. The first-order valence-electron chi connectivity index (χ1n) is 8.57. The van der Waals surface area contributed by atoms with Gasteiger partial charge in [0.15, 0.2) is 9.84 Å². The highest BCUT2D eigenvalue weighted by Gasteiger charge is 2.33. The summed E-state index contributed by atoms with van der Waals surface area (Å²) >= 11 is 0. The number of hydrogen-bond donors (Lipinski definition) is 1. The van der Waals surface area contributed by atoms with Gasteiger partial charge in [-0.05, 0) is 31.0 Å². The molecule has 1 aliphatic rings. The topological polar surface area (TPSA) is 79.4 Å². The summed E-state index contributed by atoms with van der Waals surface area (Å²) in [5.41, 5.74) is 3.47. The lowest BCUT2D eigenvalue weighted by molar-refractivity contribution is 0.0742. The highest BCUT2D eigenvalue weighted by Crippen LogP contribution is 2.19. The number of carbonyl (C=O) groups excluding carboxylic acids is 1. The number of carbonyl (C=O) groups is 1. The molecule has 1 aliphatic heterocycles. The van der Waals surface area contributed by atoms with Gasteiger partial charge in [0.25, 0.3) is 5.91 Å². The van der Waals surface area contributed by atoms with Gasteiger partial charge in [0.1, 0.15) is 5.69 Å². The van der Waals surface area contributed by atoms with Gasteiger partial charge >= 0.3 is 0 Å². The molecule has 138 valence electrons. The van der Waals surface area contributed by atoms with E-state index < -0.39 is 9.84 Å². The van der Waals surface area contributed by atoms with E-state index in [4.69, 9.17) is 0 Å². The van der Waals surface area contributed by atoms with E-state index in [0.717, 1.165) is 11.3 Å². The quantitative estimate of drug-likeness (QED) is 0.870. The number of benzene rings is 1. The molecule has 6 nitrogen and oxygen atoms in total. The van der Waals surface area contributed by atoms with E-state index in [2.05, 4.69) is 16.4 Å². The van der Waals surface area contributed by atoms with Gasteiger partial charge in [-0.3, -0.25) is 9.78 Å². The zero-order chi connectivity index (χ0) is 18.7. The van der Waals surface area contributed by atoms with Gasteiger partial charge in [0.2, 0.25) is 0 Å². The van der Waals surface area contributed by atoms with E-state index in [1.807, 2.05) is 31.2 Å². The van der Waals surface area contributed by atoms with Crippen molar-refractivity contribution in [3.05, 3.63) is 59.4 Å². The Bertz CT molecular complexity index is 912. The van der Waals surface area contributed by atoms with Crippen LogP contribution in [-0.4, -0.2) is 48.8 Å². The van der Waals surface area contributed by atoms with Crippen LogP contribution >= 0.6 is 0 Å². The Hall–Kier alpha value is -2.41. The number of aromatic nitrogens is 1. The molecule has 0 aliphatic carbocycles. The van der Waals surface area contributed by atoms with Crippen LogP contribution in [0.3, 0.4) is 0 Å². The molecular weight excluding hydrogens is 350 g/mol. The molecule has 1 fully saturated rings. The van der Waals surface area contributed by atoms with Gasteiger partial charge in [-0.1, -0.05) is 29.8 Å². The third kappa shape index (κ3) is 4.40. The lowest BCUT2D eigenvalue weighted by Crippen LogP contribution is -2.38. The number of nitrogens with one attached hydrogen (secondary N) is 1. The van der Waals surface area contributed by atoms with E-state index in [0.29, 0.717) is 18.7 Å². The number of nitrogens with zero attached hydrogens (tertiary/aromatic N) is 2. The van der Waals surface area contributed by atoms with E-state index in [-0.39, 0.29) is 23.5 Å². The third-order valence-electron chi connectivity index (χ3n) is 4.63. The van der Waals surface area contributed by atoms with Gasteiger partial charge in [-0.2, -0.15) is 0 Å². The van der Waals surface area contributed by atoms with E-state index in [9.17, 15) is 13.2 Å². The van der Waals surface area contributed by atoms with Crippen molar-refractivity contribution in [3.63, 3.8) is 0 Å². The van der Waals surface area contributed by atoms with Crippen molar-refractivity contribution in [2.45, 2.75) is 25.9 Å². The monoisotopic (exact) mass is 373 g/mol. The average Bonchev–Trinajstić information content (AvgIpc) is 2.99. The summed E-state index contributed by atoms with van der Waals surface area (Å²) in [5.74, 6) is -0.0901. The summed E-state index contributed by atoms with van der Waals surface area (Å²) < 4.78 is 23.3. The Morgan fingerprint density at radius 1 is 1.31 bits per heavy atom. The van der Waals surface area contributed by atoms with Crippen molar-refractivity contribution >= 4 is 21.4 Å². The maximum Gasteiger partial charge on any atom is 0.272 e. The molecule has 1 aromatic carbocycles. The van der Waals surface area contributed by atoms with Crippen LogP contribution < -0.4 is 5.32 Å². The third-order valence-corrected chi connectivity index (χ3v) is 6.38. The Morgan fingerprint density at radius 3 is 2.81 bits per heavy atom. The molecule has 1 aromatic heterocycles. The van der Waals surface area contributed by atoms with Crippen molar-refractivity contribution < 1.29 is 13.2 Å². The molecule has 0 radical (unpaired) electrons. The number of aryl methyl sites for hydroxylation is 1. The predicted molar refractivity (Wildman–Crippen MR) is 102 cm³/mol. The summed E-state index contributed by atoms with van der Waals surface area (Å²) in [4.78, 5) is 18.3. The number of pyridine rings is 1. The molecule has 0 bridgehead atoms. The number of amides is 1. The van der Waals surface area contributed by atoms with Crippen LogP contribution in [0.4, 0.5) is 5.69 Å². The number of anilines is 1. The molecule has 1 unspecified atom stereocenters. The van der Waals surface area contributed by atoms with E-state index >= 15 is 0 Å². The lowest BCUT2D eigenvalue weighted by Gasteiger charge is -2.23. The zero-order valence-electron chi connectivity index (χ0n) is 15.0. The van der Waals surface area contributed by atoms with E-state index in [1.54, 1.807) is 19.3 Å². The fraction of sp³-hybridized carbons (Fsp3) is 0.368. The first-order chi connectivity index (χ1) is 12.3. The largest absolute Gasteiger partial charge is 0.381 e. The summed E-state index contributed by atoms with van der Waals surface area (Å²) in [5, 5.41) is 3.30. The van der Waals surface area contributed by atoms with Crippen molar-refractivity contribution in [2.24, 2.45) is 0 Å². The first kappa shape index (κ1) is 18.4. The number of rotatable bonds is 5. The number of sulfone groups is 1. The maximum absolute atomic E-state index is 12.7. The molecule has 7 heteroatoms. The molecule has 3 rings (SSSR count). The lowest BCUT2D eigenvalue weighted by atomic mass is 10.1. The van der Waals surface area contributed by atoms with Crippen molar-refractivity contribution in [2.75, 3.05) is 23.9 Å². The second-order valence-electron chi connectivity index (χ2n) is 6.75. The van der Waals surface area contributed by atoms with Crippen LogP contribution in [0.15, 0.2) is 42.6 Å². The second-order valence-corrected chi connectivity index (χ2v) is 8.97. The van der Waals surface area contributed by atoms with Crippen LogP contribution in [0.5, 0.6) is 0 Å². The SMILES string of the molecule is Cc1cccc(CNc2ccnc(C(=O)N(C)C3CCS(=O)(=O)C3)c2)c1. The maximum atomic E-state index is 12.7. The van der Waals surface area contributed by atoms with Gasteiger partial charge in [-0.25, -0.2) is 8.42 Å². The summed E-state index contributed by atoms with van der Waals surface area (Å²) in [6, 6.07) is 11.4. The zero-order valence-corrected chi connectivity index (χ0v) is 15.8.